The van der Waals surface area contributed by atoms with Gasteiger partial charge in [-0.1, -0.05) is 89.5 Å². The van der Waals surface area contributed by atoms with E-state index in [1.54, 1.807) is 90.0 Å². The average molecular weight is 1220 g/mol. The molecule has 0 heterocycles. The normalized spacial score (nSPS) is 15.6. The lowest BCUT2D eigenvalue weighted by Gasteiger charge is -2.35. The minimum absolute atomic E-state index is 0.0316. The molecular formula is C60H107N13O13. The van der Waals surface area contributed by atoms with Crippen LogP contribution in [0.3, 0.4) is 0 Å². The molecule has 0 unspecified atom stereocenters. The molecule has 9 atom stereocenters. The second-order valence-corrected chi connectivity index (χ2v) is 25.1. The van der Waals surface area contributed by atoms with Gasteiger partial charge in [-0.2, -0.15) is 0 Å². The summed E-state index contributed by atoms with van der Waals surface area (Å²) in [6.45, 7) is 33.6. The predicted octanol–water partition coefficient (Wildman–Crippen LogP) is 0.627. The fraction of sp³-hybridized carbons (Fsp3) is 0.717. The topological polar surface area (TPSA) is 390 Å². The number of allylic oxidation sites excluding steroid dienone is 3. The van der Waals surface area contributed by atoms with E-state index >= 15 is 0 Å². The highest BCUT2D eigenvalue weighted by atomic mass is 16.3. The minimum atomic E-state index is -2.09. The van der Waals surface area contributed by atoms with Gasteiger partial charge in [-0.25, -0.2) is 0 Å². The third-order valence-electron chi connectivity index (χ3n) is 14.5. The summed E-state index contributed by atoms with van der Waals surface area (Å²) < 4.78 is 0. The molecule has 0 aromatic carbocycles. The zero-order valence-corrected chi connectivity index (χ0v) is 55.5. The first-order valence-electron chi connectivity index (χ1n) is 29.7. The number of hydrogen-bond donors (Lipinski definition) is 14. The molecule has 0 saturated heterocycles. The number of aliphatic hydroxyl groups is 2. The van der Waals surface area contributed by atoms with Crippen LogP contribution < -0.4 is 64.2 Å². The summed E-state index contributed by atoms with van der Waals surface area (Å²) in [5, 5.41) is 51.5. The monoisotopic (exact) mass is 1220 g/mol. The van der Waals surface area contributed by atoms with E-state index in [2.05, 4.69) is 58.5 Å². The molecule has 490 valence electrons. The van der Waals surface area contributed by atoms with Crippen molar-refractivity contribution in [1.82, 2.24) is 63.4 Å². The smallest absolute Gasteiger partial charge is 0.268 e. The summed E-state index contributed by atoms with van der Waals surface area (Å²) in [6, 6.07) is -10.3. The van der Waals surface area contributed by atoms with Crippen molar-refractivity contribution in [2.45, 2.75) is 224 Å². The molecule has 0 aliphatic rings. The summed E-state index contributed by atoms with van der Waals surface area (Å²) in [6.07, 6.45) is 0.893. The molecule has 0 saturated carbocycles. The molecule has 0 radical (unpaired) electrons. The van der Waals surface area contributed by atoms with Crippen molar-refractivity contribution < 1.29 is 63.0 Å². The SMILES string of the molecule is CC/C(C)=C(\NC(=O)[C@H](NC(=O)[C@@H](NC(=O)[C@H](NC(=O)[C@H](NC(=O)/C(NC(=O)CN)=C(/C)CC)C(C)C)[C@@H](C)CC)C(C)(C)O)C(C)(C)O)C(=O)N[C@H](C)C(=O)N[C@H](C(=O)N[C@@H](C(=O)NC(C(=O)N[C@H](CN(C)C)C(C)C)=C(C)C)C(C)C)C(C)C. The van der Waals surface area contributed by atoms with Crippen LogP contribution in [-0.4, -0.2) is 167 Å². The van der Waals surface area contributed by atoms with Crippen molar-refractivity contribution in [3.63, 3.8) is 0 Å². The summed E-state index contributed by atoms with van der Waals surface area (Å²) in [5.41, 5.74) is 2.25. The molecule has 0 spiro atoms. The van der Waals surface area contributed by atoms with Gasteiger partial charge in [0.25, 0.3) is 17.7 Å². The first-order valence-corrected chi connectivity index (χ1v) is 29.7. The molecule has 0 fully saturated rings. The maximum absolute atomic E-state index is 14.3. The molecule has 0 aliphatic heterocycles. The number of nitrogens with two attached hydrogens (primary N) is 1. The summed E-state index contributed by atoms with van der Waals surface area (Å²) in [7, 11) is 3.77. The van der Waals surface area contributed by atoms with Gasteiger partial charge < -0.3 is 79.3 Å². The molecule has 0 rings (SSSR count). The zero-order chi connectivity index (χ0) is 67.2. The lowest BCUT2D eigenvalue weighted by Crippen LogP contribution is -2.66. The van der Waals surface area contributed by atoms with Crippen molar-refractivity contribution in [2.24, 2.45) is 35.3 Å². The van der Waals surface area contributed by atoms with Crippen molar-refractivity contribution in [3.8, 4) is 0 Å². The molecule has 26 heteroatoms. The average Bonchev–Trinajstić information content (AvgIpc) is 1.74. The van der Waals surface area contributed by atoms with Crippen LogP contribution in [-0.2, 0) is 52.7 Å². The molecule has 0 aromatic heterocycles. The Morgan fingerprint density at radius 1 is 0.442 bits per heavy atom. The number of likely N-dealkylation sites (N-methyl/N-ethyl adjacent to an activating group) is 1. The van der Waals surface area contributed by atoms with Gasteiger partial charge in [-0.3, -0.25) is 52.7 Å². The lowest BCUT2D eigenvalue weighted by molar-refractivity contribution is -0.142. The van der Waals surface area contributed by atoms with Gasteiger partial charge in [0.15, 0.2) is 0 Å². The second-order valence-electron chi connectivity index (χ2n) is 25.1. The Morgan fingerprint density at radius 2 is 0.814 bits per heavy atom. The van der Waals surface area contributed by atoms with Crippen LogP contribution in [0.2, 0.25) is 0 Å². The van der Waals surface area contributed by atoms with Gasteiger partial charge in [0.1, 0.15) is 59.4 Å². The van der Waals surface area contributed by atoms with E-state index in [1.807, 2.05) is 32.8 Å². The number of nitrogens with zero attached hydrogens (tertiary/aromatic N) is 1. The number of nitrogens with one attached hydrogen (secondary N) is 11. The maximum Gasteiger partial charge on any atom is 0.268 e. The quantitative estimate of drug-likeness (QED) is 0.0393. The highest BCUT2D eigenvalue weighted by molar-refractivity contribution is 6.04. The highest BCUT2D eigenvalue weighted by Crippen LogP contribution is 2.19. The van der Waals surface area contributed by atoms with Crippen LogP contribution in [0.15, 0.2) is 33.8 Å². The largest absolute Gasteiger partial charge is 0.388 e. The molecule has 0 bridgehead atoms. The van der Waals surface area contributed by atoms with Gasteiger partial charge in [0.05, 0.1) is 17.7 Å². The van der Waals surface area contributed by atoms with E-state index in [4.69, 9.17) is 5.73 Å². The predicted molar refractivity (Wildman–Crippen MR) is 329 cm³/mol. The van der Waals surface area contributed by atoms with E-state index in [1.165, 1.54) is 41.5 Å². The lowest BCUT2D eigenvalue weighted by atomic mass is 9.92. The molecule has 11 amide bonds. The molecule has 26 nitrogen and oxygen atoms in total. The van der Waals surface area contributed by atoms with Crippen LogP contribution in [0, 0.1) is 29.6 Å². The maximum atomic E-state index is 14.3. The summed E-state index contributed by atoms with van der Waals surface area (Å²) in [5.74, 6) is -11.2. The van der Waals surface area contributed by atoms with Gasteiger partial charge in [-0.15, -0.1) is 0 Å². The van der Waals surface area contributed by atoms with E-state index < -0.39 is 149 Å². The van der Waals surface area contributed by atoms with Crippen molar-refractivity contribution >= 4 is 65.0 Å². The standard InChI is InChI=1S/C60H107N13O13/c1-24-34(14)44(64-39(74)27-61)55(81)68-43(33(12)13)53(79)69-46(36(16)26-3)56(82)71-48(60(20,21)86)58(84)72-47(59(18,19)85)57(83)70-45(35(15)25-2)54(80)62-37(17)49(75)65-41(31(8)9)51(77)67-42(32(10)11)52(78)66-40(30(6)7)50(76)63-38(29(4)5)28-73(22)23/h29,31-33,36-38,41-43,46-48,85-86H,24-28,61H2,1-23H3,(H,62,80)(H,63,76)(H,64,74)(H,65,75)(H,66,78)(H,67,77)(H,68,81)(H,69,79)(H,70,83)(H,71,82)(H,72,84)/b44-34+,45-35-/t36-,37+,38+,41-,42+,43+,46+,47-,48+/m0/s1. The Balaban J connectivity index is 6.69. The van der Waals surface area contributed by atoms with Crippen LogP contribution in [0.5, 0.6) is 0 Å². The highest BCUT2D eigenvalue weighted by Gasteiger charge is 2.43. The number of amides is 11. The fourth-order valence-electron chi connectivity index (χ4n) is 8.32. The number of carbonyl (C=O) groups is 11. The molecular weight excluding hydrogens is 1110 g/mol. The molecule has 86 heavy (non-hydrogen) atoms. The zero-order valence-electron chi connectivity index (χ0n) is 55.5. The van der Waals surface area contributed by atoms with Crippen LogP contribution in [0.1, 0.15) is 165 Å². The van der Waals surface area contributed by atoms with Gasteiger partial charge in [-0.05, 0) is 136 Å². The third-order valence-corrected chi connectivity index (χ3v) is 14.5. The Labute approximate surface area is 510 Å². The van der Waals surface area contributed by atoms with E-state index in [0.29, 0.717) is 36.1 Å². The molecule has 0 aromatic rings. The first-order chi connectivity index (χ1) is 39.4. The Morgan fingerprint density at radius 3 is 1.22 bits per heavy atom. The fourth-order valence-corrected chi connectivity index (χ4v) is 8.32. The van der Waals surface area contributed by atoms with Crippen LogP contribution >= 0.6 is 0 Å². The van der Waals surface area contributed by atoms with Crippen molar-refractivity contribution in [3.05, 3.63) is 33.8 Å². The van der Waals surface area contributed by atoms with E-state index in [-0.39, 0.29) is 35.5 Å². The number of hydrogen-bond acceptors (Lipinski definition) is 15. The van der Waals surface area contributed by atoms with E-state index in [0.717, 1.165) is 0 Å². The van der Waals surface area contributed by atoms with Crippen molar-refractivity contribution in [1.29, 1.82) is 0 Å². The summed E-state index contributed by atoms with van der Waals surface area (Å²) >= 11 is 0. The number of rotatable bonds is 34. The Hall–Kier alpha value is -6.77. The Bertz CT molecular complexity index is 2500. The van der Waals surface area contributed by atoms with Crippen LogP contribution in [0.25, 0.3) is 0 Å². The third kappa shape index (κ3) is 25.3. The summed E-state index contributed by atoms with van der Waals surface area (Å²) in [4.78, 5) is 154. The second kappa shape index (κ2) is 35.8. The minimum Gasteiger partial charge on any atom is -0.388 e. The Kier molecular flexibility index (Phi) is 32.9. The van der Waals surface area contributed by atoms with E-state index in [9.17, 15) is 63.0 Å². The van der Waals surface area contributed by atoms with Gasteiger partial charge >= 0.3 is 0 Å². The van der Waals surface area contributed by atoms with Crippen LogP contribution in [0.4, 0.5) is 0 Å². The van der Waals surface area contributed by atoms with Gasteiger partial charge in [0, 0.05) is 12.6 Å². The van der Waals surface area contributed by atoms with Crippen molar-refractivity contribution in [2.75, 3.05) is 27.2 Å². The first kappa shape index (κ1) is 79.2. The molecule has 15 N–H and O–H groups in total. The number of carbonyl (C=O) groups excluding carboxylic acids is 11. The van der Waals surface area contributed by atoms with Gasteiger partial charge in [0.2, 0.25) is 47.3 Å². The molecule has 0 aliphatic carbocycles.